The van der Waals surface area contributed by atoms with Crippen molar-refractivity contribution < 1.29 is 33.4 Å². The predicted molar refractivity (Wildman–Crippen MR) is 107 cm³/mol. The minimum absolute atomic E-state index is 0.145. The van der Waals surface area contributed by atoms with Crippen LogP contribution in [0.2, 0.25) is 0 Å². The first-order valence-corrected chi connectivity index (χ1v) is 9.90. The number of benzene rings is 2. The van der Waals surface area contributed by atoms with Gasteiger partial charge in [0.25, 0.3) is 11.8 Å². The second-order valence-corrected chi connectivity index (χ2v) is 8.04. The van der Waals surface area contributed by atoms with Gasteiger partial charge in [-0.15, -0.1) is 11.3 Å². The predicted octanol–water partition coefficient (Wildman–Crippen LogP) is 2.50. The van der Waals surface area contributed by atoms with Crippen LogP contribution in [0.5, 0.6) is 0 Å². The van der Waals surface area contributed by atoms with Crippen molar-refractivity contribution in [1.82, 2.24) is 9.88 Å². The number of aliphatic carboxylic acids is 1. The molecule has 3 aromatic rings. The van der Waals surface area contributed by atoms with E-state index >= 15 is 0 Å². The zero-order chi connectivity index (χ0) is 22.3. The van der Waals surface area contributed by atoms with Gasteiger partial charge < -0.3 is 9.84 Å². The molecule has 1 unspecified atom stereocenters. The molecule has 31 heavy (non-hydrogen) atoms. The molecule has 2 aromatic carbocycles. The average molecular weight is 442 g/mol. The highest BCUT2D eigenvalue weighted by atomic mass is 32.1. The fraction of sp³-hybridized carbons (Fsp3) is 0.190. The number of rotatable bonds is 5. The minimum Gasteiger partial charge on any atom is -0.481 e. The molecule has 0 aliphatic carbocycles. The third-order valence-corrected chi connectivity index (χ3v) is 6.13. The van der Waals surface area contributed by atoms with Crippen LogP contribution in [0.25, 0.3) is 10.2 Å². The van der Waals surface area contributed by atoms with E-state index in [0.29, 0.717) is 10.5 Å². The van der Waals surface area contributed by atoms with E-state index in [2.05, 4.69) is 4.98 Å². The van der Waals surface area contributed by atoms with E-state index in [0.717, 1.165) is 34.9 Å². The van der Waals surface area contributed by atoms with Crippen molar-refractivity contribution in [2.45, 2.75) is 18.4 Å². The summed E-state index contributed by atoms with van der Waals surface area (Å²) < 4.78 is 19.6. The number of halogens is 1. The molecule has 10 heteroatoms. The Morgan fingerprint density at radius 3 is 2.65 bits per heavy atom. The molecule has 1 aliphatic rings. The number of ether oxygens (including phenoxy) is 1. The number of carbonyl (C=O) groups is 4. The smallest absolute Gasteiger partial charge is 0.326 e. The van der Waals surface area contributed by atoms with Crippen LogP contribution in [-0.4, -0.2) is 45.9 Å². The van der Waals surface area contributed by atoms with E-state index in [1.807, 2.05) is 12.1 Å². The van der Waals surface area contributed by atoms with Crippen molar-refractivity contribution in [3.8, 4) is 0 Å². The largest absolute Gasteiger partial charge is 0.481 e. The molecule has 2 amide bonds. The lowest BCUT2D eigenvalue weighted by Gasteiger charge is -2.38. The third kappa shape index (κ3) is 3.25. The van der Waals surface area contributed by atoms with Crippen LogP contribution < -0.4 is 0 Å². The summed E-state index contributed by atoms with van der Waals surface area (Å²) in [5.41, 5.74) is -2.19. The molecule has 0 saturated heterocycles. The number of imide groups is 1. The molecule has 1 atom stereocenters. The van der Waals surface area contributed by atoms with Crippen LogP contribution in [0.15, 0.2) is 42.5 Å². The first-order chi connectivity index (χ1) is 14.8. The first-order valence-electron chi connectivity index (χ1n) is 9.09. The number of fused-ring (bicyclic) bond motifs is 2. The molecule has 0 bridgehead atoms. The SMILES string of the molecule is COC(=O)C1(CC(=O)O)C(=O)N(Cc2nc3ccccc3s2)C(=O)c2ccc(F)cc21. The molecule has 1 N–H and O–H groups in total. The van der Waals surface area contributed by atoms with Crippen molar-refractivity contribution in [3.05, 3.63) is 64.4 Å². The Labute approximate surface area is 178 Å². The lowest BCUT2D eigenvalue weighted by molar-refractivity contribution is -0.161. The minimum atomic E-state index is -2.40. The molecule has 2 heterocycles. The number of para-hydroxylation sites is 1. The molecule has 158 valence electrons. The van der Waals surface area contributed by atoms with Crippen LogP contribution in [0.4, 0.5) is 4.39 Å². The first kappa shape index (κ1) is 20.6. The maximum atomic E-state index is 14.0. The molecule has 0 saturated carbocycles. The molecule has 8 nitrogen and oxygen atoms in total. The van der Waals surface area contributed by atoms with Gasteiger partial charge in [-0.2, -0.15) is 0 Å². The van der Waals surface area contributed by atoms with Gasteiger partial charge in [0, 0.05) is 5.56 Å². The quantitative estimate of drug-likeness (QED) is 0.367. The van der Waals surface area contributed by atoms with Gasteiger partial charge in [-0.1, -0.05) is 12.1 Å². The summed E-state index contributed by atoms with van der Waals surface area (Å²) in [6, 6.07) is 10.2. The summed E-state index contributed by atoms with van der Waals surface area (Å²) in [4.78, 5) is 56.2. The number of nitrogens with zero attached hydrogens (tertiary/aromatic N) is 2. The molecule has 4 rings (SSSR count). The van der Waals surface area contributed by atoms with Crippen molar-refractivity contribution in [2.75, 3.05) is 7.11 Å². The van der Waals surface area contributed by atoms with Crippen LogP contribution in [0, 0.1) is 5.82 Å². The van der Waals surface area contributed by atoms with E-state index in [4.69, 9.17) is 4.74 Å². The standard InChI is InChI=1S/C21H15FN2O6S/c1-30-20(29)21(9-17(25)26)13-8-11(22)6-7-12(13)18(27)24(19(21)28)10-16-23-14-4-2-3-5-15(14)31-16/h2-8H,9-10H2,1H3,(H,25,26). The van der Waals surface area contributed by atoms with Crippen molar-refractivity contribution in [2.24, 2.45) is 0 Å². The summed E-state index contributed by atoms with van der Waals surface area (Å²) in [6.45, 7) is -0.272. The van der Waals surface area contributed by atoms with Crippen LogP contribution >= 0.6 is 11.3 Å². The van der Waals surface area contributed by atoms with Crippen molar-refractivity contribution in [1.29, 1.82) is 0 Å². The number of aromatic nitrogens is 1. The van der Waals surface area contributed by atoms with Gasteiger partial charge >= 0.3 is 11.9 Å². The fourth-order valence-corrected chi connectivity index (χ4v) is 4.70. The van der Waals surface area contributed by atoms with Crippen molar-refractivity contribution >= 4 is 45.3 Å². The maximum Gasteiger partial charge on any atom is 0.326 e. The molecular formula is C21H15FN2O6S. The third-order valence-electron chi connectivity index (χ3n) is 5.11. The molecule has 1 aromatic heterocycles. The Kier molecular flexibility index (Phi) is 5.02. The fourth-order valence-electron chi connectivity index (χ4n) is 3.75. The monoisotopic (exact) mass is 442 g/mol. The second kappa shape index (κ2) is 7.55. The number of carboxylic acid groups (broad SMARTS) is 1. The van der Waals surface area contributed by atoms with Gasteiger partial charge in [-0.3, -0.25) is 24.1 Å². The molecule has 0 fully saturated rings. The molecular weight excluding hydrogens is 427 g/mol. The highest BCUT2D eigenvalue weighted by molar-refractivity contribution is 7.18. The van der Waals surface area contributed by atoms with Gasteiger partial charge in [-0.25, -0.2) is 9.37 Å². The molecule has 0 radical (unpaired) electrons. The van der Waals surface area contributed by atoms with Crippen LogP contribution in [0.3, 0.4) is 0 Å². The Hall–Kier alpha value is -3.66. The maximum absolute atomic E-state index is 14.0. The zero-order valence-electron chi connectivity index (χ0n) is 16.1. The number of hydrogen-bond donors (Lipinski definition) is 1. The van der Waals surface area contributed by atoms with Crippen LogP contribution in [-0.2, 0) is 31.1 Å². The number of hydrogen-bond acceptors (Lipinski definition) is 7. The number of esters is 1. The second-order valence-electron chi connectivity index (χ2n) is 6.93. The van der Waals surface area contributed by atoms with Gasteiger partial charge in [0.1, 0.15) is 10.8 Å². The lowest BCUT2D eigenvalue weighted by atomic mass is 9.71. The van der Waals surface area contributed by atoms with E-state index < -0.39 is 41.4 Å². The summed E-state index contributed by atoms with van der Waals surface area (Å²) >= 11 is 1.26. The Bertz CT molecular complexity index is 1220. The summed E-state index contributed by atoms with van der Waals surface area (Å²) in [6.07, 6.45) is -1.00. The van der Waals surface area contributed by atoms with Gasteiger partial charge in [0.05, 0.1) is 30.3 Å². The van der Waals surface area contributed by atoms with Gasteiger partial charge in [0.15, 0.2) is 5.41 Å². The van der Waals surface area contributed by atoms with E-state index in [-0.39, 0.29) is 17.7 Å². The number of carbonyl (C=O) groups excluding carboxylic acids is 3. The number of thiazole rings is 1. The Balaban J connectivity index is 1.88. The summed E-state index contributed by atoms with van der Waals surface area (Å²) in [5, 5.41) is 9.88. The number of methoxy groups -OCH3 is 1. The normalized spacial score (nSPS) is 18.2. The van der Waals surface area contributed by atoms with Gasteiger partial charge in [0.2, 0.25) is 0 Å². The number of amides is 2. The number of carboxylic acids is 1. The topological polar surface area (TPSA) is 114 Å². The summed E-state index contributed by atoms with van der Waals surface area (Å²) in [5.74, 6) is -5.36. The van der Waals surface area contributed by atoms with Crippen molar-refractivity contribution in [3.63, 3.8) is 0 Å². The lowest BCUT2D eigenvalue weighted by Crippen LogP contribution is -2.59. The van der Waals surface area contributed by atoms with Gasteiger partial charge in [-0.05, 0) is 35.9 Å². The average Bonchev–Trinajstić information content (AvgIpc) is 3.16. The van der Waals surface area contributed by atoms with Crippen LogP contribution in [0.1, 0.15) is 27.3 Å². The highest BCUT2D eigenvalue weighted by Crippen LogP contribution is 2.40. The Morgan fingerprint density at radius 1 is 1.23 bits per heavy atom. The zero-order valence-corrected chi connectivity index (χ0v) is 16.9. The molecule has 1 aliphatic heterocycles. The van der Waals surface area contributed by atoms with E-state index in [9.17, 15) is 28.7 Å². The molecule has 0 spiro atoms. The van der Waals surface area contributed by atoms with E-state index in [1.54, 1.807) is 12.1 Å². The Morgan fingerprint density at radius 2 is 1.97 bits per heavy atom. The summed E-state index contributed by atoms with van der Waals surface area (Å²) in [7, 11) is 0.993. The highest BCUT2D eigenvalue weighted by Gasteiger charge is 2.58. The van der Waals surface area contributed by atoms with E-state index in [1.165, 1.54) is 11.3 Å².